The van der Waals surface area contributed by atoms with Crippen molar-refractivity contribution in [3.05, 3.63) is 101 Å². The van der Waals surface area contributed by atoms with Crippen molar-refractivity contribution in [2.45, 2.75) is 11.8 Å². The minimum Gasteiger partial charge on any atom is -0.497 e. The van der Waals surface area contributed by atoms with E-state index in [0.29, 0.717) is 11.1 Å². The lowest BCUT2D eigenvalue weighted by molar-refractivity contribution is -0.0708. The average molecular weight is 375 g/mol. The van der Waals surface area contributed by atoms with E-state index in [1.165, 1.54) is 0 Å². The molecule has 1 unspecified atom stereocenters. The van der Waals surface area contributed by atoms with Gasteiger partial charge in [0.25, 0.3) is 5.91 Å². The molecule has 0 radical (unpaired) electrons. The Labute approximate surface area is 163 Å². The lowest BCUT2D eigenvalue weighted by Gasteiger charge is -2.32. The first-order valence-electron chi connectivity index (χ1n) is 9.07. The zero-order valence-corrected chi connectivity index (χ0v) is 15.5. The van der Waals surface area contributed by atoms with Gasteiger partial charge in [0.15, 0.2) is 5.72 Å². The topological polar surface area (TPSA) is 67.8 Å². The van der Waals surface area contributed by atoms with Gasteiger partial charge in [-0.1, -0.05) is 60.7 Å². The molecule has 0 saturated carbocycles. The van der Waals surface area contributed by atoms with Crippen LogP contribution in [0.5, 0.6) is 5.75 Å². The number of ether oxygens (including phenoxy) is 2. The summed E-state index contributed by atoms with van der Waals surface area (Å²) in [5.41, 5.74) is 1.69. The molecule has 0 aliphatic carbocycles. The number of aliphatic hydroxyl groups excluding tert-OH is 1. The highest BCUT2D eigenvalue weighted by molar-refractivity contribution is 6.00. The SMILES string of the molecule is COc1ccc([C@@H](O)COC2(c3ccccc3)NC(=O)c3ccccc32)cc1. The summed E-state index contributed by atoms with van der Waals surface area (Å²) in [5.74, 6) is 0.521. The van der Waals surface area contributed by atoms with E-state index in [2.05, 4.69) is 5.32 Å². The molecule has 0 saturated heterocycles. The molecular weight excluding hydrogens is 354 g/mol. The largest absolute Gasteiger partial charge is 0.497 e. The smallest absolute Gasteiger partial charge is 0.254 e. The Kier molecular flexibility index (Phi) is 4.86. The van der Waals surface area contributed by atoms with Crippen LogP contribution in [0.15, 0.2) is 78.9 Å². The monoisotopic (exact) mass is 375 g/mol. The second kappa shape index (κ2) is 7.46. The average Bonchev–Trinajstić information content (AvgIpc) is 3.06. The number of hydrogen-bond acceptors (Lipinski definition) is 4. The lowest BCUT2D eigenvalue weighted by Crippen LogP contribution is -2.43. The molecule has 4 rings (SSSR count). The molecule has 0 fully saturated rings. The zero-order chi connectivity index (χ0) is 19.6. The summed E-state index contributed by atoms with van der Waals surface area (Å²) in [5, 5.41) is 13.6. The van der Waals surface area contributed by atoms with Crippen LogP contribution in [0.1, 0.15) is 33.2 Å². The molecule has 1 aliphatic rings. The summed E-state index contributed by atoms with van der Waals surface area (Å²) in [6.45, 7) is 0.00976. The molecule has 3 aromatic rings. The Hall–Kier alpha value is -3.15. The minimum atomic E-state index is -1.14. The third-order valence-electron chi connectivity index (χ3n) is 4.98. The number of carbonyl (C=O) groups excluding carboxylic acids is 1. The molecule has 2 atom stereocenters. The molecule has 0 aromatic heterocycles. The highest BCUT2D eigenvalue weighted by Gasteiger charge is 2.45. The summed E-state index contributed by atoms with van der Waals surface area (Å²) in [4.78, 5) is 12.6. The van der Waals surface area contributed by atoms with Crippen molar-refractivity contribution in [2.24, 2.45) is 0 Å². The van der Waals surface area contributed by atoms with E-state index in [0.717, 1.165) is 16.9 Å². The highest BCUT2D eigenvalue weighted by Crippen LogP contribution is 2.38. The third-order valence-corrected chi connectivity index (χ3v) is 4.98. The maximum Gasteiger partial charge on any atom is 0.254 e. The van der Waals surface area contributed by atoms with Crippen molar-refractivity contribution in [1.29, 1.82) is 0 Å². The third kappa shape index (κ3) is 3.15. The number of rotatable bonds is 6. The first kappa shape index (κ1) is 18.2. The number of aliphatic hydroxyl groups is 1. The summed E-state index contributed by atoms with van der Waals surface area (Å²) in [6.07, 6.45) is -0.851. The Morgan fingerprint density at radius 1 is 0.964 bits per heavy atom. The molecule has 0 bridgehead atoms. The van der Waals surface area contributed by atoms with E-state index in [1.54, 1.807) is 37.4 Å². The Morgan fingerprint density at radius 3 is 2.36 bits per heavy atom. The maximum atomic E-state index is 12.6. The number of carbonyl (C=O) groups is 1. The Bertz CT molecular complexity index is 971. The molecule has 1 amide bonds. The predicted molar refractivity (Wildman–Crippen MR) is 105 cm³/mol. The second-order valence-corrected chi connectivity index (χ2v) is 6.65. The molecule has 1 heterocycles. The van der Waals surface area contributed by atoms with Gasteiger partial charge in [-0.2, -0.15) is 0 Å². The van der Waals surface area contributed by atoms with Crippen LogP contribution in [0, 0.1) is 0 Å². The minimum absolute atomic E-state index is 0.00976. The summed E-state index contributed by atoms with van der Waals surface area (Å²) >= 11 is 0. The van der Waals surface area contributed by atoms with Crippen LogP contribution in [0.2, 0.25) is 0 Å². The molecule has 5 heteroatoms. The number of amides is 1. The fourth-order valence-corrected chi connectivity index (χ4v) is 3.51. The number of nitrogens with one attached hydrogen (secondary N) is 1. The fourth-order valence-electron chi connectivity index (χ4n) is 3.51. The standard InChI is InChI=1S/C23H21NO4/c1-27-18-13-11-16(12-14-18)21(25)15-28-23(17-7-3-2-4-8-17)20-10-6-5-9-19(20)22(26)24-23/h2-14,21,25H,15H2,1H3,(H,24,26)/t21-,23?/m0/s1. The molecule has 3 aromatic carbocycles. The van der Waals surface area contributed by atoms with Crippen molar-refractivity contribution in [3.8, 4) is 5.75 Å². The lowest BCUT2D eigenvalue weighted by atomic mass is 9.94. The molecule has 1 aliphatic heterocycles. The fraction of sp³-hybridized carbons (Fsp3) is 0.174. The van der Waals surface area contributed by atoms with Crippen LogP contribution in [0.3, 0.4) is 0 Å². The van der Waals surface area contributed by atoms with Gasteiger partial charge in [-0.25, -0.2) is 0 Å². The van der Waals surface area contributed by atoms with Crippen LogP contribution in [0.4, 0.5) is 0 Å². The van der Waals surface area contributed by atoms with E-state index in [9.17, 15) is 9.90 Å². The maximum absolute atomic E-state index is 12.6. The van der Waals surface area contributed by atoms with E-state index >= 15 is 0 Å². The zero-order valence-electron chi connectivity index (χ0n) is 15.5. The first-order valence-corrected chi connectivity index (χ1v) is 9.07. The molecule has 142 valence electrons. The number of benzene rings is 3. The number of hydrogen-bond donors (Lipinski definition) is 2. The molecule has 5 nitrogen and oxygen atoms in total. The van der Waals surface area contributed by atoms with Crippen LogP contribution in [-0.2, 0) is 10.5 Å². The second-order valence-electron chi connectivity index (χ2n) is 6.65. The number of fused-ring (bicyclic) bond motifs is 1. The normalized spacial score (nSPS) is 19.0. The van der Waals surface area contributed by atoms with Gasteiger partial charge in [-0.05, 0) is 23.8 Å². The van der Waals surface area contributed by atoms with Crippen LogP contribution >= 0.6 is 0 Å². The van der Waals surface area contributed by atoms with E-state index in [-0.39, 0.29) is 12.5 Å². The van der Waals surface area contributed by atoms with Gasteiger partial charge in [0.05, 0.1) is 13.7 Å². The van der Waals surface area contributed by atoms with Crippen molar-refractivity contribution >= 4 is 5.91 Å². The van der Waals surface area contributed by atoms with Gasteiger partial charge in [0.2, 0.25) is 0 Å². The Balaban J connectivity index is 1.65. The first-order chi connectivity index (χ1) is 13.6. The number of methoxy groups -OCH3 is 1. The summed E-state index contributed by atoms with van der Waals surface area (Å²) in [7, 11) is 1.60. The van der Waals surface area contributed by atoms with Gasteiger partial charge >= 0.3 is 0 Å². The van der Waals surface area contributed by atoms with Gasteiger partial charge in [0.1, 0.15) is 11.9 Å². The van der Waals surface area contributed by atoms with Crippen LogP contribution < -0.4 is 10.1 Å². The molecule has 2 N–H and O–H groups in total. The van der Waals surface area contributed by atoms with Gasteiger partial charge in [-0.15, -0.1) is 0 Å². The molecule has 0 spiro atoms. The molecule has 28 heavy (non-hydrogen) atoms. The van der Waals surface area contributed by atoms with Crippen LogP contribution in [-0.4, -0.2) is 24.7 Å². The van der Waals surface area contributed by atoms with Gasteiger partial charge in [0, 0.05) is 16.7 Å². The van der Waals surface area contributed by atoms with Gasteiger partial charge in [-0.3, -0.25) is 4.79 Å². The van der Waals surface area contributed by atoms with Crippen molar-refractivity contribution in [1.82, 2.24) is 5.32 Å². The molecular formula is C23H21NO4. The summed E-state index contributed by atoms with van der Waals surface area (Å²) in [6, 6.07) is 24.0. The van der Waals surface area contributed by atoms with Crippen LogP contribution in [0.25, 0.3) is 0 Å². The van der Waals surface area contributed by atoms with Crippen molar-refractivity contribution < 1.29 is 19.4 Å². The summed E-state index contributed by atoms with van der Waals surface area (Å²) < 4.78 is 11.4. The highest BCUT2D eigenvalue weighted by atomic mass is 16.5. The van der Waals surface area contributed by atoms with Crippen molar-refractivity contribution in [3.63, 3.8) is 0 Å². The van der Waals surface area contributed by atoms with E-state index in [4.69, 9.17) is 9.47 Å². The Morgan fingerprint density at radius 2 is 1.64 bits per heavy atom. The van der Waals surface area contributed by atoms with Gasteiger partial charge < -0.3 is 19.9 Å². The van der Waals surface area contributed by atoms with E-state index < -0.39 is 11.8 Å². The quantitative estimate of drug-likeness (QED) is 0.693. The van der Waals surface area contributed by atoms with E-state index in [1.807, 2.05) is 48.5 Å². The van der Waals surface area contributed by atoms with Crippen molar-refractivity contribution in [2.75, 3.05) is 13.7 Å². The predicted octanol–water partition coefficient (Wildman–Crippen LogP) is 3.39.